The molecule has 0 bridgehead atoms. The lowest BCUT2D eigenvalue weighted by atomic mass is 9.96. The van der Waals surface area contributed by atoms with Crippen LogP contribution in [0.3, 0.4) is 0 Å². The van der Waals surface area contributed by atoms with Gasteiger partial charge < -0.3 is 20.7 Å². The summed E-state index contributed by atoms with van der Waals surface area (Å²) < 4.78 is 5.63. The van der Waals surface area contributed by atoms with E-state index in [0.29, 0.717) is 18.3 Å². The van der Waals surface area contributed by atoms with E-state index in [1.807, 2.05) is 24.3 Å². The maximum absolute atomic E-state index is 11.8. The number of benzene rings is 2. The van der Waals surface area contributed by atoms with Crippen LogP contribution in [0.25, 0.3) is 0 Å². The van der Waals surface area contributed by atoms with Crippen molar-refractivity contribution in [2.45, 2.75) is 43.7 Å². The topological polar surface area (TPSA) is 74.8 Å². The molecule has 30 heavy (non-hydrogen) atoms. The Balaban J connectivity index is 1.24. The Morgan fingerprint density at radius 1 is 1.10 bits per heavy atom. The molecule has 3 N–H and O–H groups in total. The highest BCUT2D eigenvalue weighted by Crippen LogP contribution is 2.47. The van der Waals surface area contributed by atoms with Gasteiger partial charge in [-0.2, -0.15) is 0 Å². The number of carbonyl (C=O) groups is 1. The fourth-order valence-corrected chi connectivity index (χ4v) is 3.56. The molecule has 2 aromatic rings. The predicted octanol–water partition coefficient (Wildman–Crippen LogP) is 2.74. The zero-order valence-corrected chi connectivity index (χ0v) is 17.5. The van der Waals surface area contributed by atoms with Crippen molar-refractivity contribution in [3.8, 4) is 5.75 Å². The maximum Gasteiger partial charge on any atom is 0.258 e. The summed E-state index contributed by atoms with van der Waals surface area (Å²) in [6.45, 7) is 1.55. The first-order valence-electron chi connectivity index (χ1n) is 10.7. The fourth-order valence-electron chi connectivity index (χ4n) is 3.56. The summed E-state index contributed by atoms with van der Waals surface area (Å²) in [5, 5.41) is 9.77. The van der Waals surface area contributed by atoms with E-state index >= 15 is 0 Å². The van der Waals surface area contributed by atoms with Gasteiger partial charge in [0.2, 0.25) is 0 Å². The Hall–Kier alpha value is -3.02. The van der Waals surface area contributed by atoms with E-state index in [9.17, 15) is 4.79 Å². The molecule has 0 radical (unpaired) electrons. The number of aliphatic imine (C=N–C) groups is 1. The van der Waals surface area contributed by atoms with E-state index in [4.69, 9.17) is 4.74 Å². The summed E-state index contributed by atoms with van der Waals surface area (Å²) in [6, 6.07) is 18.8. The molecule has 0 heterocycles. The number of nitrogens with one attached hydrogen (secondary N) is 3. The van der Waals surface area contributed by atoms with Gasteiger partial charge in [-0.25, -0.2) is 0 Å². The zero-order valence-electron chi connectivity index (χ0n) is 17.5. The third-order valence-electron chi connectivity index (χ3n) is 5.73. The Morgan fingerprint density at radius 3 is 2.60 bits per heavy atom. The van der Waals surface area contributed by atoms with Crippen LogP contribution in [0, 0.1) is 0 Å². The highest BCUT2D eigenvalue weighted by atomic mass is 16.5. The summed E-state index contributed by atoms with van der Waals surface area (Å²) in [6.07, 6.45) is 4.56. The van der Waals surface area contributed by atoms with Gasteiger partial charge >= 0.3 is 0 Å². The van der Waals surface area contributed by atoms with E-state index in [1.54, 1.807) is 7.05 Å². The van der Waals surface area contributed by atoms with Gasteiger partial charge in [-0.3, -0.25) is 9.79 Å². The third kappa shape index (κ3) is 5.53. The second-order valence-corrected chi connectivity index (χ2v) is 8.20. The highest BCUT2D eigenvalue weighted by Gasteiger charge is 2.43. The number of carbonyl (C=O) groups excluding carboxylic acids is 1. The van der Waals surface area contributed by atoms with Gasteiger partial charge in [0.05, 0.1) is 0 Å². The molecule has 2 fully saturated rings. The van der Waals surface area contributed by atoms with Crippen LogP contribution in [0.2, 0.25) is 0 Å². The number of guanidine groups is 1. The van der Waals surface area contributed by atoms with Crippen LogP contribution in [0.1, 0.15) is 36.8 Å². The number of ether oxygens (including phenoxy) is 1. The molecule has 2 aliphatic rings. The summed E-state index contributed by atoms with van der Waals surface area (Å²) in [5.74, 6) is 1.43. The zero-order chi connectivity index (χ0) is 20.8. The Labute approximate surface area is 178 Å². The Morgan fingerprint density at radius 2 is 1.90 bits per heavy atom. The second kappa shape index (κ2) is 9.20. The SMILES string of the molecule is CN=C(NCc1cccc(OCC(=O)NC2CC2)c1)NCC1(c2ccccc2)CC1. The van der Waals surface area contributed by atoms with Crippen molar-refractivity contribution in [1.82, 2.24) is 16.0 Å². The van der Waals surface area contributed by atoms with Crippen LogP contribution < -0.4 is 20.7 Å². The lowest BCUT2D eigenvalue weighted by molar-refractivity contribution is -0.123. The summed E-state index contributed by atoms with van der Waals surface area (Å²) >= 11 is 0. The van der Waals surface area contributed by atoms with E-state index in [2.05, 4.69) is 51.3 Å². The molecule has 0 aromatic heterocycles. The van der Waals surface area contributed by atoms with Crippen molar-refractivity contribution in [2.75, 3.05) is 20.2 Å². The predicted molar refractivity (Wildman–Crippen MR) is 119 cm³/mol. The molecular weight excluding hydrogens is 376 g/mol. The first-order valence-corrected chi connectivity index (χ1v) is 10.7. The molecule has 2 aliphatic carbocycles. The van der Waals surface area contributed by atoms with Gasteiger partial charge in [0.15, 0.2) is 12.6 Å². The quantitative estimate of drug-likeness (QED) is 0.442. The fraction of sp³-hybridized carbons (Fsp3) is 0.417. The molecule has 0 spiro atoms. The van der Waals surface area contributed by atoms with Crippen LogP contribution in [0.4, 0.5) is 0 Å². The van der Waals surface area contributed by atoms with E-state index < -0.39 is 0 Å². The number of amides is 1. The van der Waals surface area contributed by atoms with Crippen LogP contribution in [-0.2, 0) is 16.8 Å². The van der Waals surface area contributed by atoms with Crippen molar-refractivity contribution >= 4 is 11.9 Å². The minimum absolute atomic E-state index is 0.0537. The number of rotatable bonds is 9. The molecule has 0 aliphatic heterocycles. The molecule has 158 valence electrons. The van der Waals surface area contributed by atoms with Crippen LogP contribution in [0.15, 0.2) is 59.6 Å². The maximum atomic E-state index is 11.8. The van der Waals surface area contributed by atoms with Crippen molar-refractivity contribution < 1.29 is 9.53 Å². The first-order chi connectivity index (χ1) is 14.7. The molecule has 2 saturated carbocycles. The van der Waals surface area contributed by atoms with Crippen molar-refractivity contribution in [3.05, 3.63) is 65.7 Å². The van der Waals surface area contributed by atoms with Gasteiger partial charge in [-0.1, -0.05) is 42.5 Å². The molecule has 2 aromatic carbocycles. The van der Waals surface area contributed by atoms with Crippen molar-refractivity contribution in [2.24, 2.45) is 4.99 Å². The number of nitrogens with zero attached hydrogens (tertiary/aromatic N) is 1. The number of hydrogen-bond donors (Lipinski definition) is 3. The minimum Gasteiger partial charge on any atom is -0.484 e. The lowest BCUT2D eigenvalue weighted by Crippen LogP contribution is -2.40. The second-order valence-electron chi connectivity index (χ2n) is 8.20. The highest BCUT2D eigenvalue weighted by molar-refractivity contribution is 5.80. The van der Waals surface area contributed by atoms with Crippen LogP contribution in [-0.4, -0.2) is 38.1 Å². The summed E-state index contributed by atoms with van der Waals surface area (Å²) in [5.41, 5.74) is 2.69. The molecule has 4 rings (SSSR count). The molecule has 0 saturated heterocycles. The molecule has 6 heteroatoms. The van der Waals surface area contributed by atoms with E-state index in [1.165, 1.54) is 18.4 Å². The lowest BCUT2D eigenvalue weighted by Gasteiger charge is -2.19. The largest absolute Gasteiger partial charge is 0.484 e. The van der Waals surface area contributed by atoms with Crippen LogP contribution in [0.5, 0.6) is 5.75 Å². The van der Waals surface area contributed by atoms with Gasteiger partial charge in [0, 0.05) is 31.6 Å². The minimum atomic E-state index is -0.0574. The standard InChI is InChI=1S/C24H30N4O2/c1-25-23(27-17-24(12-13-24)19-7-3-2-4-8-19)26-15-18-6-5-9-21(14-18)30-16-22(29)28-20-10-11-20/h2-9,14,20H,10-13,15-17H2,1H3,(H,28,29)(H2,25,26,27). The summed E-state index contributed by atoms with van der Waals surface area (Å²) in [7, 11) is 1.79. The van der Waals surface area contributed by atoms with Crippen molar-refractivity contribution in [3.63, 3.8) is 0 Å². The smallest absolute Gasteiger partial charge is 0.258 e. The van der Waals surface area contributed by atoms with Crippen molar-refractivity contribution in [1.29, 1.82) is 0 Å². The Kier molecular flexibility index (Phi) is 6.21. The van der Waals surface area contributed by atoms with E-state index in [0.717, 1.165) is 30.9 Å². The molecule has 6 nitrogen and oxygen atoms in total. The molecule has 0 atom stereocenters. The molecule has 0 unspecified atom stereocenters. The third-order valence-corrected chi connectivity index (χ3v) is 5.73. The van der Waals surface area contributed by atoms with Gasteiger partial charge in [-0.15, -0.1) is 0 Å². The first kappa shape index (κ1) is 20.3. The summed E-state index contributed by atoms with van der Waals surface area (Å²) in [4.78, 5) is 16.1. The van der Waals surface area contributed by atoms with Gasteiger partial charge in [0.25, 0.3) is 5.91 Å². The van der Waals surface area contributed by atoms with Gasteiger partial charge in [0.1, 0.15) is 5.75 Å². The molecular formula is C24H30N4O2. The van der Waals surface area contributed by atoms with Gasteiger partial charge in [-0.05, 0) is 48.9 Å². The van der Waals surface area contributed by atoms with Crippen LogP contribution >= 0.6 is 0 Å². The molecule has 1 amide bonds. The Bertz CT molecular complexity index is 889. The normalized spacial score (nSPS) is 17.2. The average molecular weight is 407 g/mol. The average Bonchev–Trinajstić information content (AvgIpc) is 3.70. The number of hydrogen-bond acceptors (Lipinski definition) is 3. The monoisotopic (exact) mass is 406 g/mol. The van der Waals surface area contributed by atoms with E-state index in [-0.39, 0.29) is 17.9 Å².